The number of nitrogens with one attached hydrogen (secondary N) is 2. The molecule has 0 radical (unpaired) electrons. The van der Waals surface area contributed by atoms with Crippen molar-refractivity contribution in [3.63, 3.8) is 0 Å². The fraction of sp³-hybridized carbons (Fsp3) is 0.364. The van der Waals surface area contributed by atoms with E-state index in [1.165, 1.54) is 6.92 Å². The van der Waals surface area contributed by atoms with Gasteiger partial charge in [-0.05, 0) is 42.7 Å². The van der Waals surface area contributed by atoms with Crippen LogP contribution in [0.25, 0.3) is 0 Å². The number of ether oxygens (including phenoxy) is 1. The lowest BCUT2D eigenvalue weighted by Gasteiger charge is -2.19. The summed E-state index contributed by atoms with van der Waals surface area (Å²) in [7, 11) is 0. The third-order valence-electron chi connectivity index (χ3n) is 4.21. The van der Waals surface area contributed by atoms with E-state index in [0.29, 0.717) is 18.2 Å². The zero-order valence-corrected chi connectivity index (χ0v) is 17.3. The van der Waals surface area contributed by atoms with Crippen molar-refractivity contribution >= 4 is 23.4 Å². The molecule has 0 spiro atoms. The van der Waals surface area contributed by atoms with E-state index in [1.807, 2.05) is 50.2 Å². The van der Waals surface area contributed by atoms with Crippen molar-refractivity contribution in [2.45, 2.75) is 52.5 Å². The molecular weight excluding hydrogens is 376 g/mol. The van der Waals surface area contributed by atoms with Gasteiger partial charge in [0.05, 0.1) is 25.2 Å². The van der Waals surface area contributed by atoms with E-state index in [2.05, 4.69) is 10.6 Å². The average Bonchev–Trinajstić information content (AvgIpc) is 2.65. The highest BCUT2D eigenvalue weighted by Gasteiger charge is 2.17. The Hall–Kier alpha value is -2.37. The molecule has 0 aliphatic rings. The Balaban J connectivity index is 1.99. The van der Waals surface area contributed by atoms with Crippen LogP contribution in [0.1, 0.15) is 49.9 Å². The standard InChI is InChI=1S/C22H27ClN2O3/c1-15(2)28-14-19-7-5-4-6-18(19)13-24-22(27)12-21(25-16(3)26)17-8-10-20(23)11-9-17/h4-11,15,21H,12-14H2,1-3H3,(H,24,27)(H,25,26). The van der Waals surface area contributed by atoms with Crippen LogP contribution in [-0.4, -0.2) is 17.9 Å². The van der Waals surface area contributed by atoms with Crippen LogP contribution in [0.2, 0.25) is 5.02 Å². The van der Waals surface area contributed by atoms with Gasteiger partial charge in [0.25, 0.3) is 0 Å². The first kappa shape index (κ1) is 21.9. The van der Waals surface area contributed by atoms with Crippen molar-refractivity contribution < 1.29 is 14.3 Å². The molecule has 28 heavy (non-hydrogen) atoms. The maximum atomic E-state index is 12.5. The number of hydrogen-bond acceptors (Lipinski definition) is 3. The van der Waals surface area contributed by atoms with Crippen molar-refractivity contribution in [1.29, 1.82) is 0 Å². The molecule has 1 atom stereocenters. The van der Waals surface area contributed by atoms with Crippen LogP contribution in [0.5, 0.6) is 0 Å². The molecule has 150 valence electrons. The Morgan fingerprint density at radius 2 is 1.68 bits per heavy atom. The van der Waals surface area contributed by atoms with E-state index in [1.54, 1.807) is 12.1 Å². The summed E-state index contributed by atoms with van der Waals surface area (Å²) in [5.41, 5.74) is 2.90. The second-order valence-electron chi connectivity index (χ2n) is 6.91. The fourth-order valence-corrected chi connectivity index (χ4v) is 2.90. The van der Waals surface area contributed by atoms with Gasteiger partial charge in [-0.2, -0.15) is 0 Å². The van der Waals surface area contributed by atoms with E-state index in [9.17, 15) is 9.59 Å². The molecule has 0 saturated heterocycles. The number of amides is 2. The number of carbonyl (C=O) groups is 2. The zero-order chi connectivity index (χ0) is 20.5. The number of halogens is 1. The molecule has 2 N–H and O–H groups in total. The minimum absolute atomic E-state index is 0.139. The summed E-state index contributed by atoms with van der Waals surface area (Å²) >= 11 is 5.93. The smallest absolute Gasteiger partial charge is 0.222 e. The van der Waals surface area contributed by atoms with E-state index < -0.39 is 6.04 Å². The molecule has 0 aromatic heterocycles. The van der Waals surface area contributed by atoms with Crippen LogP contribution < -0.4 is 10.6 Å². The first-order valence-corrected chi connectivity index (χ1v) is 9.70. The summed E-state index contributed by atoms with van der Waals surface area (Å²) in [4.78, 5) is 24.1. The molecule has 2 rings (SSSR count). The summed E-state index contributed by atoms with van der Waals surface area (Å²) in [6.45, 7) is 6.32. The summed E-state index contributed by atoms with van der Waals surface area (Å²) in [5.74, 6) is -0.336. The van der Waals surface area contributed by atoms with E-state index in [-0.39, 0.29) is 24.3 Å². The Morgan fingerprint density at radius 3 is 2.29 bits per heavy atom. The number of benzene rings is 2. The highest BCUT2D eigenvalue weighted by molar-refractivity contribution is 6.30. The molecule has 0 saturated carbocycles. The van der Waals surface area contributed by atoms with Crippen LogP contribution in [-0.2, 0) is 27.5 Å². The number of carbonyl (C=O) groups excluding carboxylic acids is 2. The van der Waals surface area contributed by atoms with Gasteiger partial charge in [0.15, 0.2) is 0 Å². The second kappa shape index (κ2) is 10.8. The molecule has 0 fully saturated rings. The van der Waals surface area contributed by atoms with Crippen molar-refractivity contribution in [3.8, 4) is 0 Å². The molecule has 0 heterocycles. The van der Waals surface area contributed by atoms with Crippen molar-refractivity contribution in [2.24, 2.45) is 0 Å². The fourth-order valence-electron chi connectivity index (χ4n) is 2.77. The van der Waals surface area contributed by atoms with Gasteiger partial charge in [0.1, 0.15) is 0 Å². The van der Waals surface area contributed by atoms with E-state index >= 15 is 0 Å². The summed E-state index contributed by atoms with van der Waals surface area (Å²) in [6, 6.07) is 14.6. The summed E-state index contributed by atoms with van der Waals surface area (Å²) in [6.07, 6.45) is 0.284. The van der Waals surface area contributed by atoms with Gasteiger partial charge >= 0.3 is 0 Å². The molecule has 2 aromatic rings. The maximum Gasteiger partial charge on any atom is 0.222 e. The maximum absolute atomic E-state index is 12.5. The van der Waals surface area contributed by atoms with E-state index in [4.69, 9.17) is 16.3 Å². The lowest BCUT2D eigenvalue weighted by molar-refractivity contribution is -0.122. The summed E-state index contributed by atoms with van der Waals surface area (Å²) < 4.78 is 5.68. The highest BCUT2D eigenvalue weighted by Crippen LogP contribution is 2.20. The second-order valence-corrected chi connectivity index (χ2v) is 7.35. The van der Waals surface area contributed by atoms with Crippen LogP contribution >= 0.6 is 11.6 Å². The minimum Gasteiger partial charge on any atom is -0.374 e. The van der Waals surface area contributed by atoms with Gasteiger partial charge in [-0.3, -0.25) is 9.59 Å². The van der Waals surface area contributed by atoms with Gasteiger partial charge < -0.3 is 15.4 Å². The first-order chi connectivity index (χ1) is 13.3. The van der Waals surface area contributed by atoms with Crippen molar-refractivity contribution in [2.75, 3.05) is 0 Å². The molecule has 1 unspecified atom stereocenters. The predicted octanol–water partition coefficient (Wildman–Crippen LogP) is 4.15. The van der Waals surface area contributed by atoms with Crippen LogP contribution in [0.3, 0.4) is 0 Å². The summed E-state index contributed by atoms with van der Waals surface area (Å²) in [5, 5.41) is 6.37. The largest absolute Gasteiger partial charge is 0.374 e. The lowest BCUT2D eigenvalue weighted by atomic mass is 10.0. The Kier molecular flexibility index (Phi) is 8.48. The molecule has 0 aliphatic heterocycles. The van der Waals surface area contributed by atoms with Gasteiger partial charge in [-0.15, -0.1) is 0 Å². The quantitative estimate of drug-likeness (QED) is 0.662. The predicted molar refractivity (Wildman–Crippen MR) is 111 cm³/mol. The van der Waals surface area contributed by atoms with E-state index in [0.717, 1.165) is 16.7 Å². The molecular formula is C22H27ClN2O3. The molecule has 0 bridgehead atoms. The van der Waals surface area contributed by atoms with Gasteiger partial charge in [0, 0.05) is 18.5 Å². The highest BCUT2D eigenvalue weighted by atomic mass is 35.5. The van der Waals surface area contributed by atoms with Crippen LogP contribution in [0.4, 0.5) is 0 Å². The van der Waals surface area contributed by atoms with Crippen molar-refractivity contribution in [3.05, 3.63) is 70.2 Å². The van der Waals surface area contributed by atoms with Gasteiger partial charge in [0.2, 0.25) is 11.8 Å². The Morgan fingerprint density at radius 1 is 1.04 bits per heavy atom. The first-order valence-electron chi connectivity index (χ1n) is 9.32. The average molecular weight is 403 g/mol. The van der Waals surface area contributed by atoms with Crippen molar-refractivity contribution in [1.82, 2.24) is 10.6 Å². The van der Waals surface area contributed by atoms with Crippen LogP contribution in [0, 0.1) is 0 Å². The number of rotatable bonds is 9. The normalized spacial score (nSPS) is 11.9. The SMILES string of the molecule is CC(=O)NC(CC(=O)NCc1ccccc1COC(C)C)c1ccc(Cl)cc1. The topological polar surface area (TPSA) is 67.4 Å². The molecule has 2 aromatic carbocycles. The van der Waals surface area contributed by atoms with Gasteiger partial charge in [-0.1, -0.05) is 48.0 Å². The van der Waals surface area contributed by atoms with Gasteiger partial charge in [-0.25, -0.2) is 0 Å². The third kappa shape index (κ3) is 7.33. The minimum atomic E-state index is -0.408. The third-order valence-corrected chi connectivity index (χ3v) is 4.46. The molecule has 2 amide bonds. The Bertz CT molecular complexity index is 791. The number of hydrogen-bond donors (Lipinski definition) is 2. The zero-order valence-electron chi connectivity index (χ0n) is 16.5. The molecule has 6 heteroatoms. The Labute approximate surface area is 171 Å². The van der Waals surface area contributed by atoms with Crippen LogP contribution in [0.15, 0.2) is 48.5 Å². The molecule has 5 nitrogen and oxygen atoms in total. The molecule has 0 aliphatic carbocycles. The monoisotopic (exact) mass is 402 g/mol. The lowest BCUT2D eigenvalue weighted by Crippen LogP contribution is -2.32.